The van der Waals surface area contributed by atoms with Gasteiger partial charge in [-0.15, -0.1) is 0 Å². The van der Waals surface area contributed by atoms with Gasteiger partial charge in [0.05, 0.1) is 5.92 Å². The van der Waals surface area contributed by atoms with Crippen LogP contribution in [0.25, 0.3) is 0 Å². The van der Waals surface area contributed by atoms with Gasteiger partial charge in [-0.05, 0) is 25.8 Å². The SMILES string of the molecule is Cc1cc(C)nc(C2CN(c3cc(C(C)C)ncn3)C2)n1. The standard InChI is InChI=1S/C16H21N5/c1-10(2)14-6-15(18-9-17-14)21-7-13(8-21)16-19-11(3)5-12(4)20-16/h5-6,9-10,13H,7-8H2,1-4H3. The quantitative estimate of drug-likeness (QED) is 0.866. The summed E-state index contributed by atoms with van der Waals surface area (Å²) in [6.45, 7) is 10.2. The first-order chi connectivity index (χ1) is 10.0. The molecule has 21 heavy (non-hydrogen) atoms. The molecule has 5 nitrogen and oxygen atoms in total. The monoisotopic (exact) mass is 283 g/mol. The summed E-state index contributed by atoms with van der Waals surface area (Å²) in [5, 5.41) is 0. The molecule has 0 radical (unpaired) electrons. The average Bonchev–Trinajstić information content (AvgIpc) is 2.36. The maximum atomic E-state index is 4.56. The van der Waals surface area contributed by atoms with Crippen molar-refractivity contribution in [2.75, 3.05) is 18.0 Å². The summed E-state index contributed by atoms with van der Waals surface area (Å²) >= 11 is 0. The molecule has 3 rings (SSSR count). The lowest BCUT2D eigenvalue weighted by Crippen LogP contribution is -2.46. The molecule has 0 amide bonds. The van der Waals surface area contributed by atoms with Gasteiger partial charge in [0.2, 0.25) is 0 Å². The van der Waals surface area contributed by atoms with Crippen molar-refractivity contribution in [2.24, 2.45) is 0 Å². The van der Waals surface area contributed by atoms with Crippen molar-refractivity contribution < 1.29 is 0 Å². The molecule has 0 aromatic carbocycles. The van der Waals surface area contributed by atoms with Gasteiger partial charge in [0.1, 0.15) is 18.0 Å². The Balaban J connectivity index is 1.72. The third-order valence-corrected chi connectivity index (χ3v) is 3.84. The predicted octanol–water partition coefficient (Wildman–Crippen LogP) is 2.61. The minimum atomic E-state index is 0.404. The number of aryl methyl sites for hydroxylation is 2. The van der Waals surface area contributed by atoms with Gasteiger partial charge in [0, 0.05) is 36.2 Å². The normalized spacial score (nSPS) is 15.4. The van der Waals surface area contributed by atoms with Gasteiger partial charge in [-0.3, -0.25) is 0 Å². The number of hydrogen-bond acceptors (Lipinski definition) is 5. The predicted molar refractivity (Wildman–Crippen MR) is 82.6 cm³/mol. The molecule has 1 saturated heterocycles. The molecule has 0 unspecified atom stereocenters. The Bertz CT molecular complexity index is 627. The number of anilines is 1. The molecule has 1 aliphatic heterocycles. The third kappa shape index (κ3) is 2.86. The summed E-state index contributed by atoms with van der Waals surface area (Å²) in [4.78, 5) is 20.1. The van der Waals surface area contributed by atoms with Crippen LogP contribution in [0.2, 0.25) is 0 Å². The van der Waals surface area contributed by atoms with Crippen molar-refractivity contribution in [3.8, 4) is 0 Å². The Kier molecular flexibility index (Phi) is 3.57. The highest BCUT2D eigenvalue weighted by Gasteiger charge is 2.31. The summed E-state index contributed by atoms with van der Waals surface area (Å²) in [5.74, 6) is 2.80. The average molecular weight is 283 g/mol. The van der Waals surface area contributed by atoms with Gasteiger partial charge in [-0.25, -0.2) is 19.9 Å². The highest BCUT2D eigenvalue weighted by Crippen LogP contribution is 2.29. The number of hydrogen-bond donors (Lipinski definition) is 0. The van der Waals surface area contributed by atoms with E-state index in [0.717, 1.165) is 41.8 Å². The van der Waals surface area contributed by atoms with E-state index in [2.05, 4.69) is 44.7 Å². The first kappa shape index (κ1) is 13.9. The van der Waals surface area contributed by atoms with E-state index in [-0.39, 0.29) is 0 Å². The largest absolute Gasteiger partial charge is 0.355 e. The number of rotatable bonds is 3. The second kappa shape index (κ2) is 5.39. The summed E-state index contributed by atoms with van der Waals surface area (Å²) < 4.78 is 0. The zero-order valence-electron chi connectivity index (χ0n) is 13.0. The molecule has 0 atom stereocenters. The second-order valence-corrected chi connectivity index (χ2v) is 6.07. The van der Waals surface area contributed by atoms with E-state index in [9.17, 15) is 0 Å². The van der Waals surface area contributed by atoms with Crippen LogP contribution in [0.3, 0.4) is 0 Å². The van der Waals surface area contributed by atoms with E-state index in [1.807, 2.05) is 19.9 Å². The molecule has 1 aliphatic rings. The zero-order chi connectivity index (χ0) is 15.0. The highest BCUT2D eigenvalue weighted by molar-refractivity contribution is 5.44. The summed E-state index contributed by atoms with van der Waals surface area (Å²) in [6.07, 6.45) is 1.66. The maximum absolute atomic E-state index is 4.56. The maximum Gasteiger partial charge on any atom is 0.135 e. The van der Waals surface area contributed by atoms with Crippen LogP contribution in [0.4, 0.5) is 5.82 Å². The third-order valence-electron chi connectivity index (χ3n) is 3.84. The van der Waals surface area contributed by atoms with Crippen LogP contribution in [-0.2, 0) is 0 Å². The van der Waals surface area contributed by atoms with Crippen molar-refractivity contribution >= 4 is 5.82 Å². The van der Waals surface area contributed by atoms with Crippen molar-refractivity contribution in [3.05, 3.63) is 41.4 Å². The van der Waals surface area contributed by atoms with Crippen LogP contribution in [0, 0.1) is 13.8 Å². The molecular weight excluding hydrogens is 262 g/mol. The van der Waals surface area contributed by atoms with Gasteiger partial charge in [0.15, 0.2) is 0 Å². The molecule has 2 aromatic heterocycles. The Labute approximate surface area is 125 Å². The fourth-order valence-corrected chi connectivity index (χ4v) is 2.61. The molecule has 2 aromatic rings. The van der Waals surface area contributed by atoms with Crippen LogP contribution >= 0.6 is 0 Å². The van der Waals surface area contributed by atoms with Crippen LogP contribution in [0.5, 0.6) is 0 Å². The topological polar surface area (TPSA) is 54.8 Å². The summed E-state index contributed by atoms with van der Waals surface area (Å²) in [7, 11) is 0. The smallest absolute Gasteiger partial charge is 0.135 e. The molecule has 3 heterocycles. The van der Waals surface area contributed by atoms with Gasteiger partial charge in [-0.2, -0.15) is 0 Å². The van der Waals surface area contributed by atoms with Crippen LogP contribution in [-0.4, -0.2) is 33.0 Å². The van der Waals surface area contributed by atoms with Crippen LogP contribution < -0.4 is 4.90 Å². The highest BCUT2D eigenvalue weighted by atomic mass is 15.3. The lowest BCUT2D eigenvalue weighted by molar-refractivity contribution is 0.493. The summed E-state index contributed by atoms with van der Waals surface area (Å²) in [5.41, 5.74) is 3.17. The van der Waals surface area contributed by atoms with Gasteiger partial charge >= 0.3 is 0 Å². The lowest BCUT2D eigenvalue weighted by atomic mass is 9.98. The first-order valence-electron chi connectivity index (χ1n) is 7.42. The molecule has 0 saturated carbocycles. The molecule has 0 bridgehead atoms. The minimum absolute atomic E-state index is 0.404. The van der Waals surface area contributed by atoms with E-state index in [4.69, 9.17) is 0 Å². The van der Waals surface area contributed by atoms with E-state index in [1.54, 1.807) is 6.33 Å². The Morgan fingerprint density at radius 2 is 1.71 bits per heavy atom. The van der Waals surface area contributed by atoms with Crippen LogP contribution in [0.15, 0.2) is 18.5 Å². The van der Waals surface area contributed by atoms with Gasteiger partial charge in [-0.1, -0.05) is 13.8 Å². The summed E-state index contributed by atoms with van der Waals surface area (Å²) in [6, 6.07) is 4.10. The van der Waals surface area contributed by atoms with Crippen molar-refractivity contribution in [2.45, 2.75) is 39.5 Å². The lowest BCUT2D eigenvalue weighted by Gasteiger charge is -2.39. The fourth-order valence-electron chi connectivity index (χ4n) is 2.61. The number of aromatic nitrogens is 4. The van der Waals surface area contributed by atoms with Gasteiger partial charge < -0.3 is 4.90 Å². The Morgan fingerprint density at radius 1 is 1.05 bits per heavy atom. The Morgan fingerprint density at radius 3 is 2.33 bits per heavy atom. The molecule has 0 N–H and O–H groups in total. The van der Waals surface area contributed by atoms with E-state index >= 15 is 0 Å². The van der Waals surface area contributed by atoms with Gasteiger partial charge in [0.25, 0.3) is 0 Å². The molecular formula is C16H21N5. The second-order valence-electron chi connectivity index (χ2n) is 6.07. The first-order valence-corrected chi connectivity index (χ1v) is 7.42. The molecule has 1 fully saturated rings. The molecule has 0 spiro atoms. The van der Waals surface area contributed by atoms with Crippen LogP contribution in [0.1, 0.15) is 48.6 Å². The van der Waals surface area contributed by atoms with Crippen molar-refractivity contribution in [1.29, 1.82) is 0 Å². The van der Waals surface area contributed by atoms with Crippen molar-refractivity contribution in [1.82, 2.24) is 19.9 Å². The van der Waals surface area contributed by atoms with E-state index < -0.39 is 0 Å². The van der Waals surface area contributed by atoms with E-state index in [1.165, 1.54) is 0 Å². The number of nitrogens with zero attached hydrogens (tertiary/aromatic N) is 5. The molecule has 0 aliphatic carbocycles. The zero-order valence-corrected chi connectivity index (χ0v) is 13.0. The molecule has 110 valence electrons. The fraction of sp³-hybridized carbons (Fsp3) is 0.500. The van der Waals surface area contributed by atoms with Crippen molar-refractivity contribution in [3.63, 3.8) is 0 Å². The molecule has 5 heteroatoms. The Hall–Kier alpha value is -2.04. The van der Waals surface area contributed by atoms with E-state index in [0.29, 0.717) is 11.8 Å². The minimum Gasteiger partial charge on any atom is -0.355 e.